The fourth-order valence-electron chi connectivity index (χ4n) is 1.56. The molecule has 1 aromatic carbocycles. The zero-order valence-corrected chi connectivity index (χ0v) is 13.5. The molecule has 0 saturated carbocycles. The molecule has 0 amide bonds. The fraction of sp³-hybridized carbons (Fsp3) is 0.308. The highest BCUT2D eigenvalue weighted by Crippen LogP contribution is 2.24. The van der Waals surface area contributed by atoms with E-state index < -0.39 is 0 Å². The maximum absolute atomic E-state index is 4.56. The van der Waals surface area contributed by atoms with Gasteiger partial charge in [-0.1, -0.05) is 29.8 Å². The third-order valence-corrected chi connectivity index (χ3v) is 3.65. The number of rotatable bonds is 4. The molecule has 0 aliphatic rings. The summed E-state index contributed by atoms with van der Waals surface area (Å²) in [6.07, 6.45) is 1.98. The molecule has 0 bridgehead atoms. The zero-order chi connectivity index (χ0) is 13.1. The van der Waals surface area contributed by atoms with E-state index in [2.05, 4.69) is 56.1 Å². The maximum Gasteiger partial charge on any atom is 0.0798 e. The average molecular weight is 373 g/mol. The van der Waals surface area contributed by atoms with Crippen LogP contribution in [0.25, 0.3) is 5.69 Å². The molecule has 0 saturated heterocycles. The van der Waals surface area contributed by atoms with Crippen molar-refractivity contribution < 1.29 is 0 Å². The summed E-state index contributed by atoms with van der Waals surface area (Å²) in [5.74, 6) is 0. The van der Waals surface area contributed by atoms with Gasteiger partial charge >= 0.3 is 0 Å². The topological polar surface area (TPSA) is 29.9 Å². The molecule has 2 rings (SSSR count). The first kappa shape index (κ1) is 13.8. The van der Waals surface area contributed by atoms with Gasteiger partial charge in [-0.2, -0.15) is 5.10 Å². The maximum atomic E-state index is 4.56. The van der Waals surface area contributed by atoms with Crippen LogP contribution < -0.4 is 5.32 Å². The Hall–Kier alpha value is -0.650. The normalized spacial score (nSPS) is 11.2. The molecular weight excluding hydrogens is 358 g/mol. The van der Waals surface area contributed by atoms with Crippen LogP contribution in [0.2, 0.25) is 0 Å². The molecule has 1 heterocycles. The molecule has 0 radical (unpaired) electrons. The van der Waals surface area contributed by atoms with E-state index in [0.717, 1.165) is 26.9 Å². The number of hydrogen-bond acceptors (Lipinski definition) is 2. The highest BCUT2D eigenvalue weighted by atomic mass is 79.9. The summed E-state index contributed by atoms with van der Waals surface area (Å²) in [7, 11) is 0. The second-order valence-electron chi connectivity index (χ2n) is 4.38. The molecule has 5 heteroatoms. The van der Waals surface area contributed by atoms with Crippen molar-refractivity contribution in [1.29, 1.82) is 0 Å². The molecule has 0 spiro atoms. The van der Waals surface area contributed by atoms with Crippen LogP contribution in [-0.4, -0.2) is 15.8 Å². The SMILES string of the molecule is CC(C)NCc1ccn(-c2cc(Br)ccc2Br)n1. The summed E-state index contributed by atoms with van der Waals surface area (Å²) in [5, 5.41) is 7.91. The van der Waals surface area contributed by atoms with Gasteiger partial charge in [0.05, 0.1) is 11.4 Å². The van der Waals surface area contributed by atoms with Crippen molar-refractivity contribution in [2.75, 3.05) is 0 Å². The van der Waals surface area contributed by atoms with Crippen LogP contribution in [0, 0.1) is 0 Å². The molecule has 2 aromatic rings. The Balaban J connectivity index is 2.21. The van der Waals surface area contributed by atoms with Crippen molar-refractivity contribution in [3.63, 3.8) is 0 Å². The van der Waals surface area contributed by atoms with Crippen LogP contribution in [0.15, 0.2) is 39.4 Å². The zero-order valence-electron chi connectivity index (χ0n) is 10.3. The van der Waals surface area contributed by atoms with E-state index in [1.807, 2.05) is 35.1 Å². The predicted octanol–water partition coefficient (Wildman–Crippen LogP) is 3.90. The third kappa shape index (κ3) is 3.43. The van der Waals surface area contributed by atoms with E-state index in [9.17, 15) is 0 Å². The van der Waals surface area contributed by atoms with E-state index in [4.69, 9.17) is 0 Å². The number of nitrogens with zero attached hydrogens (tertiary/aromatic N) is 2. The first-order chi connectivity index (χ1) is 8.56. The van der Waals surface area contributed by atoms with Crippen molar-refractivity contribution in [3.8, 4) is 5.69 Å². The molecule has 0 fully saturated rings. The third-order valence-electron chi connectivity index (χ3n) is 2.49. The van der Waals surface area contributed by atoms with Crippen LogP contribution in [-0.2, 0) is 6.54 Å². The first-order valence-electron chi connectivity index (χ1n) is 5.79. The van der Waals surface area contributed by atoms with Crippen LogP contribution >= 0.6 is 31.9 Å². The predicted molar refractivity (Wildman–Crippen MR) is 80.9 cm³/mol. The number of nitrogens with one attached hydrogen (secondary N) is 1. The van der Waals surface area contributed by atoms with Crippen molar-refractivity contribution in [1.82, 2.24) is 15.1 Å². The van der Waals surface area contributed by atoms with Gasteiger partial charge in [-0.05, 0) is 40.2 Å². The van der Waals surface area contributed by atoms with Crippen LogP contribution in [0.1, 0.15) is 19.5 Å². The summed E-state index contributed by atoms with van der Waals surface area (Å²) in [6.45, 7) is 5.04. The largest absolute Gasteiger partial charge is 0.309 e. The Morgan fingerprint density at radius 2 is 2.06 bits per heavy atom. The molecule has 1 aromatic heterocycles. The number of aromatic nitrogens is 2. The molecule has 0 aliphatic heterocycles. The fourth-order valence-corrected chi connectivity index (χ4v) is 2.34. The minimum atomic E-state index is 0.466. The van der Waals surface area contributed by atoms with E-state index in [1.54, 1.807) is 0 Å². The van der Waals surface area contributed by atoms with E-state index in [0.29, 0.717) is 6.04 Å². The van der Waals surface area contributed by atoms with Crippen molar-refractivity contribution in [2.45, 2.75) is 26.4 Å². The van der Waals surface area contributed by atoms with E-state index in [1.165, 1.54) is 0 Å². The molecule has 18 heavy (non-hydrogen) atoms. The van der Waals surface area contributed by atoms with Gasteiger partial charge in [-0.25, -0.2) is 4.68 Å². The van der Waals surface area contributed by atoms with Gasteiger partial charge in [0.1, 0.15) is 0 Å². The molecule has 96 valence electrons. The lowest BCUT2D eigenvalue weighted by atomic mass is 10.3. The van der Waals surface area contributed by atoms with Gasteiger partial charge in [0, 0.05) is 27.7 Å². The van der Waals surface area contributed by atoms with Crippen molar-refractivity contribution >= 4 is 31.9 Å². The lowest BCUT2D eigenvalue weighted by molar-refractivity contribution is 0.578. The van der Waals surface area contributed by atoms with Gasteiger partial charge in [0.2, 0.25) is 0 Å². The monoisotopic (exact) mass is 371 g/mol. The van der Waals surface area contributed by atoms with Crippen molar-refractivity contribution in [3.05, 3.63) is 45.1 Å². The molecule has 0 unspecified atom stereocenters. The van der Waals surface area contributed by atoms with Gasteiger partial charge < -0.3 is 5.32 Å². The minimum absolute atomic E-state index is 0.466. The highest BCUT2D eigenvalue weighted by Gasteiger charge is 2.06. The summed E-state index contributed by atoms with van der Waals surface area (Å²) < 4.78 is 3.95. The molecular formula is C13H15Br2N3. The standard InChI is InChI=1S/C13H15Br2N3/c1-9(2)16-8-11-5-6-18(17-11)13-7-10(14)3-4-12(13)15/h3-7,9,16H,8H2,1-2H3. The van der Waals surface area contributed by atoms with Crippen LogP contribution in [0.5, 0.6) is 0 Å². The quantitative estimate of drug-likeness (QED) is 0.882. The molecule has 3 nitrogen and oxygen atoms in total. The summed E-state index contributed by atoms with van der Waals surface area (Å²) in [5.41, 5.74) is 2.07. The minimum Gasteiger partial charge on any atom is -0.309 e. The lowest BCUT2D eigenvalue weighted by Gasteiger charge is -2.06. The highest BCUT2D eigenvalue weighted by molar-refractivity contribution is 9.11. The first-order valence-corrected chi connectivity index (χ1v) is 7.38. The van der Waals surface area contributed by atoms with Gasteiger partial charge in [-0.3, -0.25) is 0 Å². The van der Waals surface area contributed by atoms with Gasteiger partial charge in [-0.15, -0.1) is 0 Å². The van der Waals surface area contributed by atoms with Crippen LogP contribution in [0.3, 0.4) is 0 Å². The second kappa shape index (κ2) is 5.99. The number of benzene rings is 1. The summed E-state index contributed by atoms with van der Waals surface area (Å²) >= 11 is 7.02. The smallest absolute Gasteiger partial charge is 0.0798 e. The Morgan fingerprint density at radius 1 is 1.28 bits per heavy atom. The number of halogens is 2. The lowest BCUT2D eigenvalue weighted by Crippen LogP contribution is -2.22. The molecule has 1 N–H and O–H groups in total. The van der Waals surface area contributed by atoms with Gasteiger partial charge in [0.25, 0.3) is 0 Å². The molecule has 0 atom stereocenters. The van der Waals surface area contributed by atoms with Crippen molar-refractivity contribution in [2.24, 2.45) is 0 Å². The Kier molecular flexibility index (Phi) is 4.59. The Bertz CT molecular complexity index is 535. The van der Waals surface area contributed by atoms with Crippen LogP contribution in [0.4, 0.5) is 0 Å². The Morgan fingerprint density at radius 3 is 2.78 bits per heavy atom. The average Bonchev–Trinajstić information content (AvgIpc) is 2.78. The number of hydrogen-bond donors (Lipinski definition) is 1. The van der Waals surface area contributed by atoms with Gasteiger partial charge in [0.15, 0.2) is 0 Å². The summed E-state index contributed by atoms with van der Waals surface area (Å²) in [4.78, 5) is 0. The second-order valence-corrected chi connectivity index (χ2v) is 6.15. The van der Waals surface area contributed by atoms with E-state index >= 15 is 0 Å². The summed E-state index contributed by atoms with van der Waals surface area (Å²) in [6, 6.07) is 8.54. The van der Waals surface area contributed by atoms with E-state index in [-0.39, 0.29) is 0 Å². The Labute approximate surface area is 124 Å². The molecule has 0 aliphatic carbocycles.